The number of anilines is 1. The molecule has 0 amide bonds. The molecule has 0 fully saturated rings. The van der Waals surface area contributed by atoms with Gasteiger partial charge < -0.3 is 21.1 Å². The highest BCUT2D eigenvalue weighted by atomic mass is 35.5. The number of carboxylic acid groups (broad SMARTS) is 1. The minimum atomic E-state index is -1.41. The first-order valence-electron chi connectivity index (χ1n) is 4.97. The van der Waals surface area contributed by atoms with Gasteiger partial charge in [0.05, 0.1) is 17.5 Å². The van der Waals surface area contributed by atoms with Crippen LogP contribution in [0, 0.1) is 6.92 Å². The third-order valence-electron chi connectivity index (χ3n) is 2.53. The summed E-state index contributed by atoms with van der Waals surface area (Å²) in [4.78, 5) is 10.4. The zero-order valence-electron chi connectivity index (χ0n) is 9.22. The molecule has 0 bridgehead atoms. The Labute approximate surface area is 103 Å². The maximum atomic E-state index is 10.4. The minimum absolute atomic E-state index is 0.238. The van der Waals surface area contributed by atoms with Gasteiger partial charge in [-0.15, -0.1) is 0 Å². The lowest BCUT2D eigenvalue weighted by Gasteiger charge is -2.19. The normalized spacial score (nSPS) is 14.4. The van der Waals surface area contributed by atoms with Gasteiger partial charge in [0.2, 0.25) is 0 Å². The van der Waals surface area contributed by atoms with Crippen molar-refractivity contribution in [3.63, 3.8) is 0 Å². The number of nitrogen functional groups attached to an aromatic ring is 1. The van der Waals surface area contributed by atoms with Gasteiger partial charge in [0.25, 0.3) is 0 Å². The van der Waals surface area contributed by atoms with E-state index in [1.807, 2.05) is 0 Å². The van der Waals surface area contributed by atoms with Crippen molar-refractivity contribution in [3.05, 3.63) is 28.3 Å². The molecule has 0 saturated carbocycles. The van der Waals surface area contributed by atoms with Crippen LogP contribution >= 0.6 is 11.6 Å². The van der Waals surface area contributed by atoms with Gasteiger partial charge in [0.15, 0.2) is 0 Å². The molecule has 5 N–H and O–H groups in total. The van der Waals surface area contributed by atoms with E-state index < -0.39 is 24.6 Å². The zero-order chi connectivity index (χ0) is 13.2. The Morgan fingerprint density at radius 3 is 2.59 bits per heavy atom. The second-order valence-corrected chi connectivity index (χ2v) is 4.17. The van der Waals surface area contributed by atoms with Gasteiger partial charge in [-0.3, -0.25) is 4.79 Å². The molecule has 1 rings (SSSR count). The summed E-state index contributed by atoms with van der Waals surface area (Å²) >= 11 is 5.98. The Bertz CT molecular complexity index is 436. The smallest absolute Gasteiger partial charge is 0.306 e. The summed E-state index contributed by atoms with van der Waals surface area (Å²) in [6.07, 6.45) is -3.31. The van der Waals surface area contributed by atoms with E-state index in [4.69, 9.17) is 22.4 Å². The number of hydrogen-bond donors (Lipinski definition) is 4. The van der Waals surface area contributed by atoms with Gasteiger partial charge in [-0.1, -0.05) is 17.7 Å². The molecule has 5 nitrogen and oxygen atoms in total. The van der Waals surface area contributed by atoms with Crippen LogP contribution in [0.5, 0.6) is 0 Å². The van der Waals surface area contributed by atoms with Crippen molar-refractivity contribution in [1.82, 2.24) is 0 Å². The molecular weight excluding hydrogens is 246 g/mol. The number of aliphatic hydroxyl groups is 2. The Morgan fingerprint density at radius 2 is 2.06 bits per heavy atom. The van der Waals surface area contributed by atoms with Gasteiger partial charge >= 0.3 is 5.97 Å². The van der Waals surface area contributed by atoms with Crippen molar-refractivity contribution >= 4 is 23.3 Å². The maximum Gasteiger partial charge on any atom is 0.306 e. The van der Waals surface area contributed by atoms with Crippen molar-refractivity contribution in [2.75, 3.05) is 5.73 Å². The fraction of sp³-hybridized carbons (Fsp3) is 0.364. The Morgan fingerprint density at radius 1 is 1.47 bits per heavy atom. The van der Waals surface area contributed by atoms with E-state index >= 15 is 0 Å². The molecule has 17 heavy (non-hydrogen) atoms. The lowest BCUT2D eigenvalue weighted by molar-refractivity contribution is -0.141. The molecule has 0 spiro atoms. The molecule has 2 atom stereocenters. The molecule has 0 radical (unpaired) electrons. The summed E-state index contributed by atoms with van der Waals surface area (Å²) in [6.45, 7) is 1.68. The van der Waals surface area contributed by atoms with Crippen molar-refractivity contribution in [2.24, 2.45) is 0 Å². The van der Waals surface area contributed by atoms with Crippen molar-refractivity contribution in [1.29, 1.82) is 0 Å². The van der Waals surface area contributed by atoms with Crippen molar-refractivity contribution in [2.45, 2.75) is 25.6 Å². The van der Waals surface area contributed by atoms with Crippen molar-refractivity contribution in [3.8, 4) is 0 Å². The summed E-state index contributed by atoms with van der Waals surface area (Å²) in [5.74, 6) is -1.19. The van der Waals surface area contributed by atoms with E-state index in [1.165, 1.54) is 6.07 Å². The number of hydrogen-bond acceptors (Lipinski definition) is 4. The molecule has 1 aromatic rings. The second kappa shape index (κ2) is 5.35. The van der Waals surface area contributed by atoms with E-state index in [9.17, 15) is 15.0 Å². The fourth-order valence-electron chi connectivity index (χ4n) is 1.45. The Hall–Kier alpha value is -1.30. The number of carboxylic acids is 1. The van der Waals surface area contributed by atoms with Crippen LogP contribution in [0.1, 0.15) is 23.7 Å². The van der Waals surface area contributed by atoms with Crippen LogP contribution in [-0.2, 0) is 4.79 Å². The predicted octanol–water partition coefficient (Wildman–Crippen LogP) is 1.10. The summed E-state index contributed by atoms with van der Waals surface area (Å²) < 4.78 is 0. The first-order valence-corrected chi connectivity index (χ1v) is 5.34. The average Bonchev–Trinajstić information content (AvgIpc) is 2.24. The molecule has 0 aromatic heterocycles. The van der Waals surface area contributed by atoms with E-state index in [1.54, 1.807) is 13.0 Å². The summed E-state index contributed by atoms with van der Waals surface area (Å²) in [7, 11) is 0. The molecule has 6 heteroatoms. The van der Waals surface area contributed by atoms with E-state index in [-0.39, 0.29) is 10.6 Å². The van der Waals surface area contributed by atoms with E-state index in [2.05, 4.69) is 0 Å². The SMILES string of the molecule is Cc1c(N)ccc(C(O)C(O)CC(=O)O)c1Cl. The number of halogens is 1. The monoisotopic (exact) mass is 259 g/mol. The van der Waals surface area contributed by atoms with Gasteiger partial charge in [0.1, 0.15) is 6.10 Å². The predicted molar refractivity (Wildman–Crippen MR) is 63.8 cm³/mol. The first-order chi connectivity index (χ1) is 7.84. The van der Waals surface area contributed by atoms with Crippen LogP contribution in [-0.4, -0.2) is 27.4 Å². The quantitative estimate of drug-likeness (QED) is 0.606. The Balaban J connectivity index is 3.00. The third-order valence-corrected chi connectivity index (χ3v) is 3.03. The molecule has 2 unspecified atom stereocenters. The number of benzene rings is 1. The summed E-state index contributed by atoms with van der Waals surface area (Å²) in [5, 5.41) is 28.1. The van der Waals surface area contributed by atoms with Gasteiger partial charge in [-0.2, -0.15) is 0 Å². The largest absolute Gasteiger partial charge is 0.481 e. The number of rotatable bonds is 4. The molecule has 94 valence electrons. The molecule has 0 aliphatic rings. The minimum Gasteiger partial charge on any atom is -0.481 e. The number of aliphatic carboxylic acids is 1. The highest BCUT2D eigenvalue weighted by molar-refractivity contribution is 6.32. The van der Waals surface area contributed by atoms with Crippen LogP contribution in [0.4, 0.5) is 5.69 Å². The van der Waals surface area contributed by atoms with Gasteiger partial charge in [-0.05, 0) is 18.6 Å². The van der Waals surface area contributed by atoms with Crippen LogP contribution in [0.2, 0.25) is 5.02 Å². The lowest BCUT2D eigenvalue weighted by Crippen LogP contribution is -2.22. The van der Waals surface area contributed by atoms with E-state index in [0.29, 0.717) is 11.3 Å². The zero-order valence-corrected chi connectivity index (χ0v) is 9.98. The summed E-state index contributed by atoms with van der Waals surface area (Å²) in [6, 6.07) is 3.02. The third kappa shape index (κ3) is 3.09. The standard InChI is InChI=1S/C11H14ClNO4/c1-5-7(13)3-2-6(10(5)12)11(17)8(14)4-9(15)16/h2-3,8,11,14,17H,4,13H2,1H3,(H,15,16). The average molecular weight is 260 g/mol. The molecule has 1 aromatic carbocycles. The van der Waals surface area contributed by atoms with Crippen molar-refractivity contribution < 1.29 is 20.1 Å². The van der Waals surface area contributed by atoms with Gasteiger partial charge in [0, 0.05) is 11.3 Å². The van der Waals surface area contributed by atoms with Gasteiger partial charge in [-0.25, -0.2) is 0 Å². The highest BCUT2D eigenvalue weighted by Crippen LogP contribution is 2.31. The lowest BCUT2D eigenvalue weighted by atomic mass is 9.99. The molecule has 0 saturated heterocycles. The Kier molecular flexibility index (Phi) is 4.34. The summed E-state index contributed by atoms with van der Waals surface area (Å²) in [5.41, 5.74) is 6.95. The topological polar surface area (TPSA) is 104 Å². The number of carbonyl (C=O) groups is 1. The maximum absolute atomic E-state index is 10.4. The van der Waals surface area contributed by atoms with Crippen LogP contribution in [0.15, 0.2) is 12.1 Å². The molecular formula is C11H14ClNO4. The fourth-order valence-corrected chi connectivity index (χ4v) is 1.73. The second-order valence-electron chi connectivity index (χ2n) is 3.79. The number of nitrogens with two attached hydrogens (primary N) is 1. The molecule has 0 aliphatic carbocycles. The first kappa shape index (κ1) is 13.8. The highest BCUT2D eigenvalue weighted by Gasteiger charge is 2.24. The van der Waals surface area contributed by atoms with E-state index in [0.717, 1.165) is 0 Å². The van der Waals surface area contributed by atoms with Crippen LogP contribution < -0.4 is 5.73 Å². The number of aliphatic hydroxyl groups excluding tert-OH is 2. The van der Waals surface area contributed by atoms with Crippen LogP contribution in [0.3, 0.4) is 0 Å². The van der Waals surface area contributed by atoms with Crippen LogP contribution in [0.25, 0.3) is 0 Å². The molecule has 0 heterocycles. The molecule has 0 aliphatic heterocycles.